The van der Waals surface area contributed by atoms with Gasteiger partial charge in [-0.05, 0) is 42.3 Å². The van der Waals surface area contributed by atoms with Crippen LogP contribution in [0.4, 0.5) is 5.95 Å². The van der Waals surface area contributed by atoms with Gasteiger partial charge >= 0.3 is 0 Å². The highest BCUT2D eigenvalue weighted by Crippen LogP contribution is 2.32. The van der Waals surface area contributed by atoms with Gasteiger partial charge in [-0.2, -0.15) is 10.1 Å². The van der Waals surface area contributed by atoms with Crippen LogP contribution in [0.25, 0.3) is 11.5 Å². The summed E-state index contributed by atoms with van der Waals surface area (Å²) < 4.78 is 5.48. The molecule has 1 saturated heterocycles. The second-order valence-electron chi connectivity index (χ2n) is 8.34. The van der Waals surface area contributed by atoms with Gasteiger partial charge in [0.25, 0.3) is 11.8 Å². The molecule has 1 unspecified atom stereocenters. The van der Waals surface area contributed by atoms with E-state index in [0.717, 1.165) is 16.8 Å². The van der Waals surface area contributed by atoms with E-state index in [1.165, 1.54) is 12.8 Å². The van der Waals surface area contributed by atoms with Gasteiger partial charge < -0.3 is 9.42 Å². The molecule has 1 saturated carbocycles. The lowest BCUT2D eigenvalue weighted by Gasteiger charge is -2.25. The Labute approximate surface area is 190 Å². The molecule has 9 heteroatoms. The first-order valence-electron chi connectivity index (χ1n) is 10.7. The molecule has 3 aromatic rings. The van der Waals surface area contributed by atoms with Gasteiger partial charge in [-0.1, -0.05) is 41.9 Å². The molecule has 32 heavy (non-hydrogen) atoms. The molecule has 1 atom stereocenters. The van der Waals surface area contributed by atoms with E-state index in [-0.39, 0.29) is 11.9 Å². The minimum absolute atomic E-state index is 0.128. The lowest BCUT2D eigenvalue weighted by molar-refractivity contribution is -0.127. The molecular weight excluding hydrogens is 428 g/mol. The number of amides is 1. The number of hydrogen-bond acceptors (Lipinski definition) is 7. The average Bonchev–Trinajstić information content (AvgIpc) is 3.21. The molecule has 0 bridgehead atoms. The Morgan fingerprint density at radius 2 is 1.78 bits per heavy atom. The first-order valence-corrected chi connectivity index (χ1v) is 11.1. The zero-order chi connectivity index (χ0) is 21.7. The van der Waals surface area contributed by atoms with Crippen molar-refractivity contribution in [1.29, 1.82) is 0 Å². The highest BCUT2D eigenvalue weighted by molar-refractivity contribution is 6.30. The zero-order valence-corrected chi connectivity index (χ0v) is 18.0. The van der Waals surface area contributed by atoms with Crippen molar-refractivity contribution in [3.8, 4) is 11.5 Å². The molecule has 0 N–H and O–H groups in total. The van der Waals surface area contributed by atoms with E-state index in [2.05, 4.69) is 15.0 Å². The van der Waals surface area contributed by atoms with Crippen LogP contribution in [0, 0.1) is 0 Å². The number of carbonyl (C=O) groups is 1. The third-order valence-electron chi connectivity index (χ3n) is 6.13. The fraction of sp³-hybridized carbons (Fsp3) is 0.304. The van der Waals surface area contributed by atoms with Crippen molar-refractivity contribution < 1.29 is 9.32 Å². The number of carbonyl (C=O) groups excluding carboxylic acids is 1. The highest BCUT2D eigenvalue weighted by atomic mass is 35.5. The number of rotatable bonds is 5. The van der Waals surface area contributed by atoms with E-state index in [1.807, 2.05) is 59.5 Å². The van der Waals surface area contributed by atoms with Crippen LogP contribution < -0.4 is 5.01 Å². The normalized spacial score (nSPS) is 21.5. The molecule has 162 valence electrons. The smallest absolute Gasteiger partial charge is 0.286 e. The van der Waals surface area contributed by atoms with Crippen molar-refractivity contribution in [3.63, 3.8) is 0 Å². The minimum Gasteiger partial charge on any atom is -0.332 e. The molecule has 3 heterocycles. The Kier molecular flexibility index (Phi) is 4.69. The molecule has 1 aliphatic carbocycles. The van der Waals surface area contributed by atoms with Crippen LogP contribution in [0.5, 0.6) is 0 Å². The van der Waals surface area contributed by atoms with Gasteiger partial charge in [-0.3, -0.25) is 9.69 Å². The summed E-state index contributed by atoms with van der Waals surface area (Å²) in [6, 6.07) is 17.5. The quantitative estimate of drug-likeness (QED) is 0.596. The van der Waals surface area contributed by atoms with Crippen molar-refractivity contribution in [3.05, 3.63) is 65.2 Å². The summed E-state index contributed by atoms with van der Waals surface area (Å²) in [4.78, 5) is 21.6. The topological polar surface area (TPSA) is 78.1 Å². The van der Waals surface area contributed by atoms with Gasteiger partial charge in [0.1, 0.15) is 0 Å². The standard InChI is InChI=1S/C23H21ClN6O2/c24-17-8-6-15(7-9-17)21-19(29-14-28(13-20(29)31)18-10-11-18)12-30(26-21)23-25-22(32-27-23)16-4-2-1-3-5-16/h1-9,18-19H,10-14H2. The van der Waals surface area contributed by atoms with Gasteiger partial charge in [0, 0.05) is 22.2 Å². The molecule has 3 aliphatic rings. The number of hydrogen-bond donors (Lipinski definition) is 0. The fourth-order valence-electron chi connectivity index (χ4n) is 4.30. The fourth-order valence-corrected chi connectivity index (χ4v) is 4.42. The number of nitrogens with zero attached hydrogens (tertiary/aromatic N) is 6. The van der Waals surface area contributed by atoms with Crippen LogP contribution in [0.3, 0.4) is 0 Å². The molecule has 2 fully saturated rings. The maximum Gasteiger partial charge on any atom is 0.286 e. The first-order chi connectivity index (χ1) is 15.7. The van der Waals surface area contributed by atoms with Crippen LogP contribution in [0.1, 0.15) is 18.4 Å². The zero-order valence-electron chi connectivity index (χ0n) is 17.3. The maximum absolute atomic E-state index is 12.9. The van der Waals surface area contributed by atoms with Gasteiger partial charge in [0.2, 0.25) is 5.91 Å². The molecule has 0 radical (unpaired) electrons. The summed E-state index contributed by atoms with van der Waals surface area (Å²) in [5.41, 5.74) is 2.57. The minimum atomic E-state index is -0.203. The Bertz CT molecular complexity index is 1170. The summed E-state index contributed by atoms with van der Waals surface area (Å²) >= 11 is 6.10. The summed E-state index contributed by atoms with van der Waals surface area (Å²) in [7, 11) is 0. The van der Waals surface area contributed by atoms with E-state index in [4.69, 9.17) is 21.2 Å². The predicted octanol–water partition coefficient (Wildman–Crippen LogP) is 3.25. The molecule has 1 amide bonds. The lowest BCUT2D eigenvalue weighted by atomic mass is 10.0. The molecule has 6 rings (SSSR count). The molecule has 0 spiro atoms. The monoisotopic (exact) mass is 448 g/mol. The van der Waals surface area contributed by atoms with Crippen molar-refractivity contribution in [2.45, 2.75) is 24.9 Å². The molecule has 8 nitrogen and oxygen atoms in total. The largest absolute Gasteiger partial charge is 0.332 e. The van der Waals surface area contributed by atoms with Crippen LogP contribution in [0.2, 0.25) is 5.02 Å². The third kappa shape index (κ3) is 3.55. The lowest BCUT2D eigenvalue weighted by Crippen LogP contribution is -2.45. The van der Waals surface area contributed by atoms with Crippen LogP contribution in [0.15, 0.2) is 64.2 Å². The number of aromatic nitrogens is 2. The molecular formula is C23H21ClN6O2. The van der Waals surface area contributed by atoms with Crippen LogP contribution in [-0.4, -0.2) is 63.4 Å². The van der Waals surface area contributed by atoms with E-state index < -0.39 is 0 Å². The van der Waals surface area contributed by atoms with E-state index in [9.17, 15) is 4.79 Å². The number of hydrazone groups is 1. The van der Waals surface area contributed by atoms with E-state index >= 15 is 0 Å². The van der Waals surface area contributed by atoms with Gasteiger partial charge in [0.05, 0.1) is 31.5 Å². The summed E-state index contributed by atoms with van der Waals surface area (Å²) in [5, 5.41) is 11.3. The molecule has 2 aromatic carbocycles. The maximum atomic E-state index is 12.9. The Balaban J connectivity index is 1.32. The molecule has 2 aliphatic heterocycles. The van der Waals surface area contributed by atoms with Crippen LogP contribution in [-0.2, 0) is 4.79 Å². The number of halogens is 1. The predicted molar refractivity (Wildman–Crippen MR) is 120 cm³/mol. The van der Waals surface area contributed by atoms with Crippen molar-refractivity contribution >= 4 is 29.2 Å². The average molecular weight is 449 g/mol. The van der Waals surface area contributed by atoms with E-state index in [0.29, 0.717) is 42.7 Å². The van der Waals surface area contributed by atoms with Crippen molar-refractivity contribution in [1.82, 2.24) is 19.9 Å². The number of anilines is 1. The van der Waals surface area contributed by atoms with Crippen molar-refractivity contribution in [2.75, 3.05) is 24.8 Å². The highest BCUT2D eigenvalue weighted by Gasteiger charge is 2.44. The van der Waals surface area contributed by atoms with Gasteiger partial charge in [-0.15, -0.1) is 0 Å². The summed E-state index contributed by atoms with van der Waals surface area (Å²) in [5.74, 6) is 0.941. The summed E-state index contributed by atoms with van der Waals surface area (Å²) in [6.07, 6.45) is 2.34. The van der Waals surface area contributed by atoms with E-state index in [1.54, 1.807) is 5.01 Å². The Hall–Kier alpha value is -3.23. The first kappa shape index (κ1) is 19.5. The Morgan fingerprint density at radius 3 is 2.53 bits per heavy atom. The SMILES string of the molecule is O=C1CN(C2CC2)CN1C1CN(c2noc(-c3ccccc3)n2)N=C1c1ccc(Cl)cc1. The Morgan fingerprint density at radius 1 is 1.00 bits per heavy atom. The second-order valence-corrected chi connectivity index (χ2v) is 8.78. The third-order valence-corrected chi connectivity index (χ3v) is 6.38. The van der Waals surface area contributed by atoms with Crippen LogP contribution >= 0.6 is 11.6 Å². The number of benzene rings is 2. The van der Waals surface area contributed by atoms with Crippen molar-refractivity contribution in [2.24, 2.45) is 5.10 Å². The summed E-state index contributed by atoms with van der Waals surface area (Å²) in [6.45, 7) is 1.56. The van der Waals surface area contributed by atoms with Gasteiger partial charge in [0.15, 0.2) is 0 Å². The van der Waals surface area contributed by atoms with Gasteiger partial charge in [-0.25, -0.2) is 5.01 Å². The second kappa shape index (κ2) is 7.72. The molecule has 1 aromatic heterocycles.